The summed E-state index contributed by atoms with van der Waals surface area (Å²) in [6.07, 6.45) is 0. The van der Waals surface area contributed by atoms with E-state index in [1.165, 1.54) is 14.7 Å². The summed E-state index contributed by atoms with van der Waals surface area (Å²) in [6.45, 7) is 14.3. The average Bonchev–Trinajstić information content (AvgIpc) is 2.18. The van der Waals surface area contributed by atoms with Crippen molar-refractivity contribution in [2.24, 2.45) is 0 Å². The molecule has 96 valence electrons. The van der Waals surface area contributed by atoms with Gasteiger partial charge in [0, 0.05) is 3.57 Å². The van der Waals surface area contributed by atoms with Crippen LogP contribution in [0.2, 0.25) is 18.1 Å². The molecule has 0 bridgehead atoms. The molecule has 3 heteroatoms. The van der Waals surface area contributed by atoms with Crippen LogP contribution in [0.15, 0.2) is 18.2 Å². The molecule has 17 heavy (non-hydrogen) atoms. The molecule has 0 aliphatic carbocycles. The Balaban J connectivity index is 2.77. The van der Waals surface area contributed by atoms with Crippen LogP contribution in [-0.4, -0.2) is 8.32 Å². The number of halogens is 1. The molecule has 0 saturated heterocycles. The minimum atomic E-state index is -1.63. The number of aryl methyl sites for hydroxylation is 1. The summed E-state index contributed by atoms with van der Waals surface area (Å²) in [6, 6.07) is 6.54. The monoisotopic (exact) mass is 362 g/mol. The molecule has 0 N–H and O–H groups in total. The SMILES string of the molecule is Cc1ccc(I)cc1CO[Si](C)(C)C(C)(C)C. The van der Waals surface area contributed by atoms with Crippen molar-refractivity contribution < 1.29 is 4.43 Å². The smallest absolute Gasteiger partial charge is 0.192 e. The molecule has 1 aromatic rings. The number of hydrogen-bond acceptors (Lipinski definition) is 1. The summed E-state index contributed by atoms with van der Waals surface area (Å²) in [7, 11) is -1.63. The van der Waals surface area contributed by atoms with Crippen LogP contribution in [0.4, 0.5) is 0 Å². The maximum atomic E-state index is 6.25. The lowest BCUT2D eigenvalue weighted by Gasteiger charge is -2.36. The summed E-state index contributed by atoms with van der Waals surface area (Å²) >= 11 is 2.35. The van der Waals surface area contributed by atoms with Gasteiger partial charge in [-0.2, -0.15) is 0 Å². The zero-order valence-electron chi connectivity index (χ0n) is 11.7. The molecule has 0 aliphatic heterocycles. The Hall–Kier alpha value is 0.127. The molecule has 0 amide bonds. The third-order valence-electron chi connectivity index (χ3n) is 3.71. The van der Waals surface area contributed by atoms with Crippen LogP contribution in [-0.2, 0) is 11.0 Å². The molecule has 0 unspecified atom stereocenters. The Kier molecular flexibility index (Phi) is 4.83. The minimum absolute atomic E-state index is 0.281. The molecule has 1 aromatic carbocycles. The van der Waals surface area contributed by atoms with E-state index in [4.69, 9.17) is 4.43 Å². The molecule has 1 rings (SSSR count). The summed E-state index contributed by atoms with van der Waals surface area (Å²) in [5.74, 6) is 0. The van der Waals surface area contributed by atoms with Gasteiger partial charge in [-0.05, 0) is 70.9 Å². The zero-order valence-corrected chi connectivity index (χ0v) is 14.9. The van der Waals surface area contributed by atoms with Gasteiger partial charge >= 0.3 is 0 Å². The first kappa shape index (κ1) is 15.2. The van der Waals surface area contributed by atoms with E-state index >= 15 is 0 Å². The van der Waals surface area contributed by atoms with Crippen LogP contribution in [0, 0.1) is 10.5 Å². The van der Waals surface area contributed by atoms with Gasteiger partial charge in [-0.15, -0.1) is 0 Å². The van der Waals surface area contributed by atoms with Crippen molar-refractivity contribution in [2.75, 3.05) is 0 Å². The summed E-state index contributed by atoms with van der Waals surface area (Å²) < 4.78 is 7.53. The van der Waals surface area contributed by atoms with Gasteiger partial charge in [0.2, 0.25) is 0 Å². The fraction of sp³-hybridized carbons (Fsp3) is 0.571. The van der Waals surface area contributed by atoms with Crippen LogP contribution in [0.25, 0.3) is 0 Å². The number of rotatable bonds is 3. The first-order valence-corrected chi connectivity index (χ1v) is 10.0. The molecular weight excluding hydrogens is 339 g/mol. The predicted molar refractivity (Wildman–Crippen MR) is 85.9 cm³/mol. The molecule has 0 saturated carbocycles. The summed E-state index contributed by atoms with van der Waals surface area (Å²) in [4.78, 5) is 0. The van der Waals surface area contributed by atoms with Crippen LogP contribution < -0.4 is 0 Å². The zero-order chi connectivity index (χ0) is 13.3. The quantitative estimate of drug-likeness (QED) is 0.536. The highest BCUT2D eigenvalue weighted by atomic mass is 127. The molecule has 0 aliphatic rings. The highest BCUT2D eigenvalue weighted by Crippen LogP contribution is 2.37. The average molecular weight is 362 g/mol. The number of hydrogen-bond donors (Lipinski definition) is 0. The maximum Gasteiger partial charge on any atom is 0.192 e. The van der Waals surface area contributed by atoms with Gasteiger partial charge < -0.3 is 4.43 Å². The Morgan fingerprint density at radius 2 is 1.82 bits per heavy atom. The highest BCUT2D eigenvalue weighted by molar-refractivity contribution is 14.1. The Bertz CT molecular complexity index is 394. The first-order valence-electron chi connectivity index (χ1n) is 6.02. The molecular formula is C14H23IOSi. The Labute approximate surface area is 120 Å². The second-order valence-corrected chi connectivity index (χ2v) is 12.2. The molecule has 1 nitrogen and oxygen atoms in total. The third kappa shape index (κ3) is 4.07. The van der Waals surface area contributed by atoms with Gasteiger partial charge in [-0.3, -0.25) is 0 Å². The standard InChI is InChI=1S/C14H23IOSi/c1-11-7-8-13(15)9-12(11)10-16-17(5,6)14(2,3)4/h7-9H,10H2,1-6H3. The highest BCUT2D eigenvalue weighted by Gasteiger charge is 2.37. The largest absolute Gasteiger partial charge is 0.413 e. The van der Waals surface area contributed by atoms with Crippen molar-refractivity contribution >= 4 is 30.9 Å². The van der Waals surface area contributed by atoms with E-state index in [1.807, 2.05) is 0 Å². The number of benzene rings is 1. The fourth-order valence-corrected chi connectivity index (χ4v) is 2.78. The predicted octanol–water partition coefficient (Wildman–Crippen LogP) is 5.12. The first-order chi connectivity index (χ1) is 7.63. The van der Waals surface area contributed by atoms with Gasteiger partial charge in [0.25, 0.3) is 0 Å². The van der Waals surface area contributed by atoms with E-state index in [1.54, 1.807) is 0 Å². The van der Waals surface area contributed by atoms with E-state index in [2.05, 4.69) is 81.6 Å². The van der Waals surface area contributed by atoms with Crippen molar-refractivity contribution in [3.63, 3.8) is 0 Å². The van der Waals surface area contributed by atoms with Crippen molar-refractivity contribution in [3.05, 3.63) is 32.9 Å². The van der Waals surface area contributed by atoms with Crippen molar-refractivity contribution in [2.45, 2.75) is 52.4 Å². The van der Waals surface area contributed by atoms with Crippen LogP contribution in [0.5, 0.6) is 0 Å². The Morgan fingerprint density at radius 1 is 1.24 bits per heavy atom. The lowest BCUT2D eigenvalue weighted by molar-refractivity contribution is 0.275. The van der Waals surface area contributed by atoms with E-state index in [-0.39, 0.29) is 5.04 Å². The second-order valence-electron chi connectivity index (χ2n) is 6.12. The van der Waals surface area contributed by atoms with Crippen LogP contribution in [0.3, 0.4) is 0 Å². The normalized spacial score (nSPS) is 12.9. The molecule has 0 atom stereocenters. The lowest BCUT2D eigenvalue weighted by atomic mass is 10.1. The van der Waals surface area contributed by atoms with Crippen LogP contribution in [0.1, 0.15) is 31.9 Å². The summed E-state index contributed by atoms with van der Waals surface area (Å²) in [5, 5.41) is 0.281. The fourth-order valence-electron chi connectivity index (χ4n) is 1.27. The van der Waals surface area contributed by atoms with Gasteiger partial charge in [0.1, 0.15) is 0 Å². The van der Waals surface area contributed by atoms with Gasteiger partial charge in [0.05, 0.1) is 6.61 Å². The van der Waals surface area contributed by atoms with Crippen molar-refractivity contribution in [1.29, 1.82) is 0 Å². The van der Waals surface area contributed by atoms with Crippen molar-refractivity contribution in [3.8, 4) is 0 Å². The maximum absolute atomic E-state index is 6.25. The van der Waals surface area contributed by atoms with Gasteiger partial charge in [-0.1, -0.05) is 26.8 Å². The molecule has 0 spiro atoms. The summed E-state index contributed by atoms with van der Waals surface area (Å²) in [5.41, 5.74) is 2.64. The van der Waals surface area contributed by atoms with Gasteiger partial charge in [0.15, 0.2) is 8.32 Å². The van der Waals surface area contributed by atoms with Gasteiger partial charge in [-0.25, -0.2) is 0 Å². The molecule has 0 aromatic heterocycles. The van der Waals surface area contributed by atoms with E-state index in [9.17, 15) is 0 Å². The van der Waals surface area contributed by atoms with E-state index in [0.29, 0.717) is 0 Å². The minimum Gasteiger partial charge on any atom is -0.413 e. The van der Waals surface area contributed by atoms with E-state index in [0.717, 1.165) is 6.61 Å². The molecule has 0 radical (unpaired) electrons. The topological polar surface area (TPSA) is 9.23 Å². The van der Waals surface area contributed by atoms with Crippen molar-refractivity contribution in [1.82, 2.24) is 0 Å². The lowest BCUT2D eigenvalue weighted by Crippen LogP contribution is -2.40. The van der Waals surface area contributed by atoms with Crippen LogP contribution >= 0.6 is 22.6 Å². The second kappa shape index (κ2) is 5.41. The third-order valence-corrected chi connectivity index (χ3v) is 8.86. The molecule has 0 fully saturated rings. The van der Waals surface area contributed by atoms with E-state index < -0.39 is 8.32 Å². The Morgan fingerprint density at radius 3 is 2.35 bits per heavy atom. The molecule has 0 heterocycles.